The largest absolute Gasteiger partial charge is 0.335 e. The van der Waals surface area contributed by atoms with Crippen molar-refractivity contribution in [2.45, 2.75) is 6.92 Å². The van der Waals surface area contributed by atoms with Crippen LogP contribution in [0.5, 0.6) is 0 Å². The highest BCUT2D eigenvalue weighted by molar-refractivity contribution is 9.10. The van der Waals surface area contributed by atoms with Crippen molar-refractivity contribution < 1.29 is 9.18 Å². The monoisotopic (exact) mass is 285 g/mol. The molecule has 0 aromatic heterocycles. The Labute approximate surface area is 103 Å². The molecular formula is C12H13BrFNO. The summed E-state index contributed by atoms with van der Waals surface area (Å²) in [5, 5.41) is 0. The predicted octanol–water partition coefficient (Wildman–Crippen LogP) is 3.24. The first-order valence-electron chi connectivity index (χ1n) is 4.95. The third-order valence-corrected chi connectivity index (χ3v) is 2.67. The van der Waals surface area contributed by atoms with Gasteiger partial charge in [0.25, 0.3) is 5.91 Å². The molecule has 86 valence electrons. The summed E-state index contributed by atoms with van der Waals surface area (Å²) in [7, 11) is 0. The van der Waals surface area contributed by atoms with Gasteiger partial charge in [-0.15, -0.1) is 6.58 Å². The summed E-state index contributed by atoms with van der Waals surface area (Å²) in [4.78, 5) is 13.5. The van der Waals surface area contributed by atoms with Crippen molar-refractivity contribution in [1.82, 2.24) is 4.90 Å². The first kappa shape index (κ1) is 12.9. The fraction of sp³-hybridized carbons (Fsp3) is 0.250. The lowest BCUT2D eigenvalue weighted by Crippen LogP contribution is -2.31. The van der Waals surface area contributed by atoms with Crippen molar-refractivity contribution >= 4 is 21.8 Å². The van der Waals surface area contributed by atoms with Gasteiger partial charge in [-0.05, 0) is 25.1 Å². The Balaban J connectivity index is 3.02. The molecule has 2 nitrogen and oxygen atoms in total. The zero-order chi connectivity index (χ0) is 12.1. The Morgan fingerprint density at radius 3 is 2.88 bits per heavy atom. The lowest BCUT2D eigenvalue weighted by molar-refractivity contribution is 0.0777. The van der Waals surface area contributed by atoms with Crippen LogP contribution in [0, 0.1) is 5.82 Å². The molecule has 0 saturated carbocycles. The van der Waals surface area contributed by atoms with Crippen LogP contribution < -0.4 is 0 Å². The van der Waals surface area contributed by atoms with Gasteiger partial charge >= 0.3 is 0 Å². The van der Waals surface area contributed by atoms with Gasteiger partial charge in [-0.3, -0.25) is 4.79 Å². The van der Waals surface area contributed by atoms with Gasteiger partial charge in [0, 0.05) is 17.6 Å². The molecule has 0 fully saturated rings. The fourth-order valence-corrected chi connectivity index (χ4v) is 1.70. The minimum atomic E-state index is -0.504. The van der Waals surface area contributed by atoms with Gasteiger partial charge in [0.15, 0.2) is 0 Å². The maximum Gasteiger partial charge on any atom is 0.257 e. The molecule has 0 heterocycles. The van der Waals surface area contributed by atoms with Gasteiger partial charge in [-0.25, -0.2) is 4.39 Å². The van der Waals surface area contributed by atoms with Gasteiger partial charge in [0.2, 0.25) is 0 Å². The van der Waals surface area contributed by atoms with Crippen LogP contribution >= 0.6 is 15.9 Å². The highest BCUT2D eigenvalue weighted by Crippen LogP contribution is 2.17. The SMILES string of the molecule is C=CCN(CC)C(=O)c1cc(Br)ccc1F. The molecular weight excluding hydrogens is 273 g/mol. The number of nitrogens with zero attached hydrogens (tertiary/aromatic N) is 1. The van der Waals surface area contributed by atoms with Crippen molar-refractivity contribution in [3.8, 4) is 0 Å². The number of carbonyl (C=O) groups excluding carboxylic acids is 1. The lowest BCUT2D eigenvalue weighted by atomic mass is 10.2. The first-order valence-corrected chi connectivity index (χ1v) is 5.74. The van der Waals surface area contributed by atoms with Gasteiger partial charge in [0.05, 0.1) is 5.56 Å². The smallest absolute Gasteiger partial charge is 0.257 e. The second kappa shape index (κ2) is 5.80. The average molecular weight is 286 g/mol. The third-order valence-electron chi connectivity index (χ3n) is 2.18. The van der Waals surface area contributed by atoms with E-state index in [1.54, 1.807) is 12.1 Å². The molecule has 0 N–H and O–H groups in total. The average Bonchev–Trinajstić information content (AvgIpc) is 2.28. The van der Waals surface area contributed by atoms with Crippen molar-refractivity contribution in [2.75, 3.05) is 13.1 Å². The standard InChI is InChI=1S/C12H13BrFNO/c1-3-7-15(4-2)12(16)10-8-9(13)5-6-11(10)14/h3,5-6,8H,1,4,7H2,2H3. The summed E-state index contributed by atoms with van der Waals surface area (Å²) in [6, 6.07) is 4.33. The Bertz CT molecular complexity index is 406. The molecule has 0 aliphatic rings. The highest BCUT2D eigenvalue weighted by atomic mass is 79.9. The van der Waals surface area contributed by atoms with Crippen LogP contribution in [0.15, 0.2) is 35.3 Å². The summed E-state index contributed by atoms with van der Waals surface area (Å²) >= 11 is 3.22. The number of hydrogen-bond acceptors (Lipinski definition) is 1. The van der Waals surface area contributed by atoms with Crippen molar-refractivity contribution in [3.05, 3.63) is 46.7 Å². The Kier molecular flexibility index (Phi) is 4.68. The van der Waals surface area contributed by atoms with E-state index in [-0.39, 0.29) is 11.5 Å². The fourth-order valence-electron chi connectivity index (χ4n) is 1.34. The molecule has 4 heteroatoms. The van der Waals surface area contributed by atoms with Crippen LogP contribution in [0.3, 0.4) is 0 Å². The number of halogens is 2. The number of rotatable bonds is 4. The maximum absolute atomic E-state index is 13.5. The van der Waals surface area contributed by atoms with E-state index in [1.807, 2.05) is 6.92 Å². The van der Waals surface area contributed by atoms with E-state index in [2.05, 4.69) is 22.5 Å². The number of carbonyl (C=O) groups is 1. The summed E-state index contributed by atoms with van der Waals surface area (Å²) in [6.07, 6.45) is 1.62. The van der Waals surface area contributed by atoms with E-state index >= 15 is 0 Å². The van der Waals surface area contributed by atoms with Crippen molar-refractivity contribution in [3.63, 3.8) is 0 Å². The Hall–Kier alpha value is -1.16. The summed E-state index contributed by atoms with van der Waals surface area (Å²) in [6.45, 7) is 6.35. The Morgan fingerprint density at radius 1 is 1.62 bits per heavy atom. The molecule has 0 radical (unpaired) electrons. The number of likely N-dealkylation sites (N-methyl/N-ethyl adjacent to an activating group) is 1. The van der Waals surface area contributed by atoms with Crippen LogP contribution in [0.1, 0.15) is 17.3 Å². The minimum Gasteiger partial charge on any atom is -0.335 e. The van der Waals surface area contributed by atoms with Gasteiger partial charge in [-0.2, -0.15) is 0 Å². The normalized spacial score (nSPS) is 9.94. The quantitative estimate of drug-likeness (QED) is 0.778. The van der Waals surface area contributed by atoms with E-state index < -0.39 is 5.82 Å². The third kappa shape index (κ3) is 2.92. The molecule has 0 aliphatic carbocycles. The van der Waals surface area contributed by atoms with Crippen molar-refractivity contribution in [1.29, 1.82) is 0 Å². The number of hydrogen-bond donors (Lipinski definition) is 0. The first-order chi connectivity index (χ1) is 7.60. The van der Waals surface area contributed by atoms with E-state index in [9.17, 15) is 9.18 Å². The van der Waals surface area contributed by atoms with E-state index in [0.29, 0.717) is 17.6 Å². The molecule has 0 spiro atoms. The molecule has 0 unspecified atom stereocenters. The highest BCUT2D eigenvalue weighted by Gasteiger charge is 2.17. The predicted molar refractivity (Wildman–Crippen MR) is 65.9 cm³/mol. The van der Waals surface area contributed by atoms with E-state index in [4.69, 9.17) is 0 Å². The molecule has 1 rings (SSSR count). The van der Waals surface area contributed by atoms with Crippen LogP contribution in [0.4, 0.5) is 4.39 Å². The van der Waals surface area contributed by atoms with E-state index in [1.165, 1.54) is 17.0 Å². The van der Waals surface area contributed by atoms with Crippen molar-refractivity contribution in [2.24, 2.45) is 0 Å². The summed E-state index contributed by atoms with van der Waals surface area (Å²) in [5.74, 6) is -0.822. The molecule has 1 aromatic carbocycles. The molecule has 0 atom stereocenters. The molecule has 1 aromatic rings. The molecule has 1 amide bonds. The zero-order valence-corrected chi connectivity index (χ0v) is 10.6. The molecule has 0 aliphatic heterocycles. The van der Waals surface area contributed by atoms with Crippen LogP contribution in [0.2, 0.25) is 0 Å². The zero-order valence-electron chi connectivity index (χ0n) is 9.04. The van der Waals surface area contributed by atoms with Gasteiger partial charge in [-0.1, -0.05) is 22.0 Å². The number of benzene rings is 1. The van der Waals surface area contributed by atoms with Crippen LogP contribution in [-0.4, -0.2) is 23.9 Å². The second-order valence-corrected chi connectivity index (χ2v) is 4.17. The van der Waals surface area contributed by atoms with Crippen LogP contribution in [0.25, 0.3) is 0 Å². The van der Waals surface area contributed by atoms with E-state index in [0.717, 1.165) is 0 Å². The van der Waals surface area contributed by atoms with Gasteiger partial charge < -0.3 is 4.90 Å². The summed E-state index contributed by atoms with van der Waals surface area (Å²) in [5.41, 5.74) is 0.0816. The number of amides is 1. The summed E-state index contributed by atoms with van der Waals surface area (Å²) < 4.78 is 14.1. The Morgan fingerprint density at radius 2 is 2.31 bits per heavy atom. The minimum absolute atomic E-state index is 0.0816. The van der Waals surface area contributed by atoms with Crippen LogP contribution in [-0.2, 0) is 0 Å². The molecule has 16 heavy (non-hydrogen) atoms. The second-order valence-electron chi connectivity index (χ2n) is 3.26. The van der Waals surface area contributed by atoms with Gasteiger partial charge in [0.1, 0.15) is 5.82 Å². The topological polar surface area (TPSA) is 20.3 Å². The maximum atomic E-state index is 13.5. The molecule has 0 bridgehead atoms. The molecule has 0 saturated heterocycles. The lowest BCUT2D eigenvalue weighted by Gasteiger charge is -2.19.